The van der Waals surface area contributed by atoms with Crippen LogP contribution < -0.4 is 10.2 Å². The third-order valence-electron chi connectivity index (χ3n) is 3.21. The summed E-state index contributed by atoms with van der Waals surface area (Å²) in [5, 5.41) is 13.0. The van der Waals surface area contributed by atoms with Crippen LogP contribution in [0, 0.1) is 5.92 Å². The Morgan fingerprint density at radius 3 is 2.94 bits per heavy atom. The summed E-state index contributed by atoms with van der Waals surface area (Å²) in [4.78, 5) is 10.4. The normalized spacial score (nSPS) is 23.7. The standard InChI is InChI=1S/C12H20N4O/c1-16(2)12-13-7-6-11(15-12)14-8-9-4-3-5-10(9)17/h6-7,9-10,17H,3-5,8H2,1-2H3,(H,13,14,15). The highest BCUT2D eigenvalue weighted by molar-refractivity contribution is 5.40. The van der Waals surface area contributed by atoms with Gasteiger partial charge in [-0.2, -0.15) is 4.98 Å². The Kier molecular flexibility index (Phi) is 3.78. The minimum Gasteiger partial charge on any atom is -0.393 e. The van der Waals surface area contributed by atoms with Crippen molar-refractivity contribution < 1.29 is 5.11 Å². The number of aliphatic hydroxyl groups excluding tert-OH is 1. The molecule has 2 atom stereocenters. The van der Waals surface area contributed by atoms with Gasteiger partial charge in [-0.3, -0.25) is 0 Å². The van der Waals surface area contributed by atoms with Crippen LogP contribution in [-0.4, -0.2) is 41.8 Å². The van der Waals surface area contributed by atoms with Crippen LogP contribution in [-0.2, 0) is 0 Å². The quantitative estimate of drug-likeness (QED) is 0.820. The molecule has 0 amide bonds. The van der Waals surface area contributed by atoms with Gasteiger partial charge in [-0.1, -0.05) is 6.42 Å². The predicted molar refractivity (Wildman–Crippen MR) is 68.2 cm³/mol. The van der Waals surface area contributed by atoms with Crippen LogP contribution in [0.25, 0.3) is 0 Å². The molecule has 1 aromatic heterocycles. The summed E-state index contributed by atoms with van der Waals surface area (Å²) in [7, 11) is 3.83. The van der Waals surface area contributed by atoms with Gasteiger partial charge < -0.3 is 15.3 Å². The number of aliphatic hydroxyl groups is 1. The summed E-state index contributed by atoms with van der Waals surface area (Å²) < 4.78 is 0. The van der Waals surface area contributed by atoms with E-state index in [-0.39, 0.29) is 6.10 Å². The molecule has 0 spiro atoms. The monoisotopic (exact) mass is 236 g/mol. The second kappa shape index (κ2) is 5.31. The van der Waals surface area contributed by atoms with Crippen molar-refractivity contribution >= 4 is 11.8 Å². The van der Waals surface area contributed by atoms with Gasteiger partial charge >= 0.3 is 0 Å². The molecule has 94 valence electrons. The van der Waals surface area contributed by atoms with Crippen LogP contribution in [0.1, 0.15) is 19.3 Å². The van der Waals surface area contributed by atoms with Crippen molar-refractivity contribution in [1.82, 2.24) is 9.97 Å². The molecule has 0 bridgehead atoms. The van der Waals surface area contributed by atoms with Gasteiger partial charge in [0.05, 0.1) is 6.10 Å². The largest absolute Gasteiger partial charge is 0.393 e. The first-order chi connectivity index (χ1) is 8.16. The fourth-order valence-electron chi connectivity index (χ4n) is 2.15. The highest BCUT2D eigenvalue weighted by atomic mass is 16.3. The van der Waals surface area contributed by atoms with Crippen molar-refractivity contribution in [1.29, 1.82) is 0 Å². The van der Waals surface area contributed by atoms with Crippen LogP contribution in [0.4, 0.5) is 11.8 Å². The van der Waals surface area contributed by atoms with Crippen LogP contribution in [0.3, 0.4) is 0 Å². The molecule has 0 aliphatic heterocycles. The zero-order valence-electron chi connectivity index (χ0n) is 10.4. The summed E-state index contributed by atoms with van der Waals surface area (Å²) in [5.41, 5.74) is 0. The Labute approximate surface area is 102 Å². The highest BCUT2D eigenvalue weighted by Gasteiger charge is 2.24. The third kappa shape index (κ3) is 3.06. The zero-order chi connectivity index (χ0) is 12.3. The molecular formula is C12H20N4O. The van der Waals surface area contributed by atoms with E-state index in [1.165, 1.54) is 0 Å². The Bertz CT molecular complexity index is 369. The number of hydrogen-bond acceptors (Lipinski definition) is 5. The van der Waals surface area contributed by atoms with E-state index in [0.29, 0.717) is 11.9 Å². The minimum absolute atomic E-state index is 0.155. The van der Waals surface area contributed by atoms with E-state index in [1.54, 1.807) is 6.20 Å². The second-order valence-corrected chi connectivity index (χ2v) is 4.78. The van der Waals surface area contributed by atoms with E-state index in [0.717, 1.165) is 31.6 Å². The molecule has 2 rings (SSSR count). The number of hydrogen-bond donors (Lipinski definition) is 2. The zero-order valence-corrected chi connectivity index (χ0v) is 10.4. The summed E-state index contributed by atoms with van der Waals surface area (Å²) >= 11 is 0. The van der Waals surface area contributed by atoms with Gasteiger partial charge in [-0.05, 0) is 18.9 Å². The molecule has 1 saturated carbocycles. The molecule has 5 heteroatoms. The molecule has 0 aromatic carbocycles. The van der Waals surface area contributed by atoms with Crippen molar-refractivity contribution in [3.05, 3.63) is 12.3 Å². The lowest BCUT2D eigenvalue weighted by Crippen LogP contribution is -2.22. The van der Waals surface area contributed by atoms with E-state index in [2.05, 4.69) is 15.3 Å². The van der Waals surface area contributed by atoms with Crippen LogP contribution >= 0.6 is 0 Å². The lowest BCUT2D eigenvalue weighted by Gasteiger charge is -2.16. The molecule has 1 aliphatic rings. The first-order valence-corrected chi connectivity index (χ1v) is 6.09. The molecule has 1 fully saturated rings. The Morgan fingerprint density at radius 2 is 2.29 bits per heavy atom. The van der Waals surface area contributed by atoms with Crippen molar-refractivity contribution in [2.24, 2.45) is 5.92 Å². The van der Waals surface area contributed by atoms with Crippen molar-refractivity contribution in [3.8, 4) is 0 Å². The second-order valence-electron chi connectivity index (χ2n) is 4.78. The van der Waals surface area contributed by atoms with Crippen LogP contribution in [0.2, 0.25) is 0 Å². The summed E-state index contributed by atoms with van der Waals surface area (Å²) in [6.07, 6.45) is 4.74. The maximum atomic E-state index is 9.73. The molecule has 0 radical (unpaired) electrons. The molecule has 1 heterocycles. The van der Waals surface area contributed by atoms with E-state index in [9.17, 15) is 5.11 Å². The van der Waals surface area contributed by atoms with E-state index in [1.807, 2.05) is 25.1 Å². The van der Waals surface area contributed by atoms with Gasteiger partial charge in [-0.25, -0.2) is 4.98 Å². The molecule has 0 saturated heterocycles. The number of rotatable bonds is 4. The number of aromatic nitrogens is 2. The van der Waals surface area contributed by atoms with Crippen molar-refractivity contribution in [2.45, 2.75) is 25.4 Å². The Morgan fingerprint density at radius 1 is 1.47 bits per heavy atom. The van der Waals surface area contributed by atoms with Gasteiger partial charge in [0, 0.05) is 32.8 Å². The topological polar surface area (TPSA) is 61.3 Å². The maximum absolute atomic E-state index is 9.73. The molecular weight excluding hydrogens is 216 g/mol. The lowest BCUT2D eigenvalue weighted by atomic mass is 10.1. The van der Waals surface area contributed by atoms with E-state index < -0.39 is 0 Å². The Hall–Kier alpha value is -1.36. The Balaban J connectivity index is 1.92. The SMILES string of the molecule is CN(C)c1nccc(NCC2CCCC2O)n1. The number of nitrogens with one attached hydrogen (secondary N) is 1. The highest BCUT2D eigenvalue weighted by Crippen LogP contribution is 2.25. The molecule has 1 aliphatic carbocycles. The van der Waals surface area contributed by atoms with Crippen LogP contribution in [0.15, 0.2) is 12.3 Å². The first-order valence-electron chi connectivity index (χ1n) is 6.09. The fraction of sp³-hybridized carbons (Fsp3) is 0.667. The van der Waals surface area contributed by atoms with E-state index >= 15 is 0 Å². The minimum atomic E-state index is -0.155. The van der Waals surface area contributed by atoms with Gasteiger partial charge in [0.25, 0.3) is 0 Å². The molecule has 17 heavy (non-hydrogen) atoms. The maximum Gasteiger partial charge on any atom is 0.226 e. The average molecular weight is 236 g/mol. The van der Waals surface area contributed by atoms with Gasteiger partial charge in [0.1, 0.15) is 5.82 Å². The van der Waals surface area contributed by atoms with Crippen molar-refractivity contribution in [2.75, 3.05) is 30.9 Å². The summed E-state index contributed by atoms with van der Waals surface area (Å²) in [6, 6.07) is 1.86. The van der Waals surface area contributed by atoms with Gasteiger partial charge in [0.15, 0.2) is 0 Å². The molecule has 2 unspecified atom stereocenters. The predicted octanol–water partition coefficient (Wildman–Crippen LogP) is 1.12. The third-order valence-corrected chi connectivity index (χ3v) is 3.21. The molecule has 2 N–H and O–H groups in total. The average Bonchev–Trinajstić information content (AvgIpc) is 2.72. The van der Waals surface area contributed by atoms with Gasteiger partial charge in [0.2, 0.25) is 5.95 Å². The van der Waals surface area contributed by atoms with Crippen LogP contribution in [0.5, 0.6) is 0 Å². The molecule has 5 nitrogen and oxygen atoms in total. The fourth-order valence-corrected chi connectivity index (χ4v) is 2.15. The van der Waals surface area contributed by atoms with E-state index in [4.69, 9.17) is 0 Å². The number of nitrogens with zero attached hydrogens (tertiary/aromatic N) is 3. The van der Waals surface area contributed by atoms with Gasteiger partial charge in [-0.15, -0.1) is 0 Å². The lowest BCUT2D eigenvalue weighted by molar-refractivity contribution is 0.138. The molecule has 1 aromatic rings. The number of anilines is 2. The van der Waals surface area contributed by atoms with Crippen molar-refractivity contribution in [3.63, 3.8) is 0 Å². The summed E-state index contributed by atoms with van der Waals surface area (Å²) in [5.74, 6) is 1.87. The smallest absolute Gasteiger partial charge is 0.226 e. The first kappa shape index (κ1) is 12.1. The summed E-state index contributed by atoms with van der Waals surface area (Å²) in [6.45, 7) is 0.783.